The third kappa shape index (κ3) is 1.33. The van der Waals surface area contributed by atoms with E-state index in [1.54, 1.807) is 17.6 Å². The topological polar surface area (TPSA) is 41.9 Å². The first-order valence-electron chi connectivity index (χ1n) is 6.25. The fourth-order valence-corrected chi connectivity index (χ4v) is 3.89. The minimum atomic E-state index is 0.705. The van der Waals surface area contributed by atoms with E-state index in [1.165, 1.54) is 0 Å². The number of hydrogen-bond donors (Lipinski definition) is 0. The molecule has 4 rings (SSSR count). The predicted octanol–water partition coefficient (Wildman–Crippen LogP) is 4.52. The quantitative estimate of drug-likeness (QED) is 0.513. The van der Waals surface area contributed by atoms with Crippen molar-refractivity contribution in [1.82, 2.24) is 4.57 Å². The number of nitriles is 1. The molecule has 0 N–H and O–H groups in total. The maximum Gasteiger partial charge on any atom is 0.145 e. The van der Waals surface area contributed by atoms with Crippen LogP contribution in [0.1, 0.15) is 5.56 Å². The maximum atomic E-state index is 9.58. The molecular formula is C16H10N2OS. The Hall–Kier alpha value is -2.51. The number of aryl methyl sites for hydroxylation is 1. The first-order valence-corrected chi connectivity index (χ1v) is 7.07. The van der Waals surface area contributed by atoms with E-state index >= 15 is 0 Å². The number of benzene rings is 1. The van der Waals surface area contributed by atoms with Crippen LogP contribution in [-0.4, -0.2) is 4.57 Å². The zero-order valence-electron chi connectivity index (χ0n) is 10.8. The Kier molecular flexibility index (Phi) is 2.26. The molecule has 3 heterocycles. The van der Waals surface area contributed by atoms with Crippen molar-refractivity contribution in [2.75, 3.05) is 0 Å². The SMILES string of the molecule is Cn1c2ccccc2c2c(C#N)c(-c3ccco3)sc21. The molecule has 0 radical (unpaired) electrons. The predicted molar refractivity (Wildman–Crippen MR) is 80.7 cm³/mol. The largest absolute Gasteiger partial charge is 0.463 e. The molecule has 0 spiro atoms. The number of rotatable bonds is 1. The summed E-state index contributed by atoms with van der Waals surface area (Å²) in [6.45, 7) is 0. The van der Waals surface area contributed by atoms with Crippen molar-refractivity contribution in [1.29, 1.82) is 5.26 Å². The number of thiophene rings is 1. The number of nitrogens with zero attached hydrogens (tertiary/aromatic N) is 2. The van der Waals surface area contributed by atoms with Gasteiger partial charge >= 0.3 is 0 Å². The van der Waals surface area contributed by atoms with Gasteiger partial charge in [-0.15, -0.1) is 11.3 Å². The van der Waals surface area contributed by atoms with Crippen molar-refractivity contribution in [2.24, 2.45) is 7.05 Å². The van der Waals surface area contributed by atoms with Crippen molar-refractivity contribution in [3.63, 3.8) is 0 Å². The van der Waals surface area contributed by atoms with Crippen molar-refractivity contribution in [3.05, 3.63) is 48.2 Å². The van der Waals surface area contributed by atoms with Gasteiger partial charge in [-0.1, -0.05) is 18.2 Å². The summed E-state index contributed by atoms with van der Waals surface area (Å²) >= 11 is 1.61. The molecule has 1 aromatic carbocycles. The molecule has 3 nitrogen and oxygen atoms in total. The van der Waals surface area contributed by atoms with E-state index in [0.29, 0.717) is 5.56 Å². The molecule has 0 amide bonds. The van der Waals surface area contributed by atoms with E-state index in [4.69, 9.17) is 4.42 Å². The second kappa shape index (κ2) is 3.99. The molecule has 0 unspecified atom stereocenters. The van der Waals surface area contributed by atoms with Crippen LogP contribution in [0.2, 0.25) is 0 Å². The van der Waals surface area contributed by atoms with Gasteiger partial charge < -0.3 is 8.98 Å². The Labute approximate surface area is 119 Å². The van der Waals surface area contributed by atoms with Crippen LogP contribution < -0.4 is 0 Å². The van der Waals surface area contributed by atoms with Crippen molar-refractivity contribution >= 4 is 32.5 Å². The summed E-state index contributed by atoms with van der Waals surface area (Å²) in [6.07, 6.45) is 1.64. The molecule has 0 aliphatic heterocycles. The first kappa shape index (κ1) is 11.3. The van der Waals surface area contributed by atoms with Crippen LogP contribution in [0.15, 0.2) is 47.1 Å². The van der Waals surface area contributed by atoms with Gasteiger partial charge in [0.2, 0.25) is 0 Å². The molecule has 96 valence electrons. The molecule has 0 saturated carbocycles. The molecule has 0 aliphatic rings. The summed E-state index contributed by atoms with van der Waals surface area (Å²) in [5.74, 6) is 0.756. The summed E-state index contributed by atoms with van der Waals surface area (Å²) in [5, 5.41) is 11.7. The Morgan fingerprint density at radius 3 is 2.80 bits per heavy atom. The van der Waals surface area contributed by atoms with Crippen molar-refractivity contribution < 1.29 is 4.42 Å². The average molecular weight is 278 g/mol. The van der Waals surface area contributed by atoms with Gasteiger partial charge in [-0.2, -0.15) is 5.26 Å². The van der Waals surface area contributed by atoms with Crippen LogP contribution in [0.3, 0.4) is 0 Å². The zero-order chi connectivity index (χ0) is 13.7. The van der Waals surface area contributed by atoms with Gasteiger partial charge in [0.15, 0.2) is 0 Å². The molecule has 4 heteroatoms. The summed E-state index contributed by atoms with van der Waals surface area (Å²) in [4.78, 5) is 2.01. The Bertz CT molecular complexity index is 968. The van der Waals surface area contributed by atoms with Gasteiger partial charge in [-0.05, 0) is 18.2 Å². The minimum Gasteiger partial charge on any atom is -0.463 e. The van der Waals surface area contributed by atoms with E-state index in [-0.39, 0.29) is 0 Å². The van der Waals surface area contributed by atoms with Gasteiger partial charge in [0, 0.05) is 23.3 Å². The lowest BCUT2D eigenvalue weighted by Crippen LogP contribution is -1.83. The monoisotopic (exact) mass is 278 g/mol. The zero-order valence-corrected chi connectivity index (χ0v) is 11.6. The summed E-state index contributed by atoms with van der Waals surface area (Å²) in [7, 11) is 2.04. The molecular weight excluding hydrogens is 268 g/mol. The highest BCUT2D eigenvalue weighted by molar-refractivity contribution is 7.22. The van der Waals surface area contributed by atoms with Gasteiger partial charge in [0.05, 0.1) is 16.7 Å². The molecule has 0 aliphatic carbocycles. The fraction of sp³-hybridized carbons (Fsp3) is 0.0625. The average Bonchev–Trinajstić information content (AvgIpc) is 3.16. The highest BCUT2D eigenvalue weighted by Crippen LogP contribution is 2.42. The summed E-state index contributed by atoms with van der Waals surface area (Å²) < 4.78 is 7.60. The standard InChI is InChI=1S/C16H10N2OS/c1-18-12-6-3-2-5-10(12)14-11(9-17)15(20-16(14)18)13-7-4-8-19-13/h2-8H,1H3. The first-order chi connectivity index (χ1) is 9.81. The molecule has 4 aromatic rings. The number of hydrogen-bond acceptors (Lipinski definition) is 3. The lowest BCUT2D eigenvalue weighted by molar-refractivity contribution is 0.583. The lowest BCUT2D eigenvalue weighted by atomic mass is 10.1. The van der Waals surface area contributed by atoms with Crippen molar-refractivity contribution in [3.8, 4) is 16.7 Å². The highest BCUT2D eigenvalue weighted by Gasteiger charge is 2.21. The molecule has 3 aromatic heterocycles. The van der Waals surface area contributed by atoms with Crippen molar-refractivity contribution in [2.45, 2.75) is 0 Å². The smallest absolute Gasteiger partial charge is 0.145 e. The fourth-order valence-electron chi connectivity index (χ4n) is 2.68. The van der Waals surface area contributed by atoms with E-state index in [2.05, 4.69) is 22.8 Å². The second-order valence-electron chi connectivity index (χ2n) is 4.65. The third-order valence-corrected chi connectivity index (χ3v) is 4.87. The van der Waals surface area contributed by atoms with Gasteiger partial charge in [0.1, 0.15) is 16.7 Å². The van der Waals surface area contributed by atoms with E-state index in [9.17, 15) is 5.26 Å². The number of furan rings is 1. The Morgan fingerprint density at radius 1 is 1.20 bits per heavy atom. The summed E-state index contributed by atoms with van der Waals surface area (Å²) in [5.41, 5.74) is 1.85. The molecule has 20 heavy (non-hydrogen) atoms. The maximum absolute atomic E-state index is 9.58. The lowest BCUT2D eigenvalue weighted by Gasteiger charge is -1.97. The van der Waals surface area contributed by atoms with Gasteiger partial charge in [-0.25, -0.2) is 0 Å². The van der Waals surface area contributed by atoms with Crippen LogP contribution in [0, 0.1) is 11.3 Å². The third-order valence-electron chi connectivity index (χ3n) is 3.59. The van der Waals surface area contributed by atoms with Crippen LogP contribution in [0.5, 0.6) is 0 Å². The number of fused-ring (bicyclic) bond motifs is 3. The normalized spacial score (nSPS) is 11.2. The van der Waals surface area contributed by atoms with Crippen LogP contribution in [-0.2, 0) is 7.05 Å². The summed E-state index contributed by atoms with van der Waals surface area (Å²) in [6, 6.07) is 14.3. The van der Waals surface area contributed by atoms with Gasteiger partial charge in [0.25, 0.3) is 0 Å². The minimum absolute atomic E-state index is 0.705. The molecule has 0 atom stereocenters. The Balaban J connectivity index is 2.21. The molecule has 0 bridgehead atoms. The van der Waals surface area contributed by atoms with E-state index in [1.807, 2.05) is 31.3 Å². The van der Waals surface area contributed by atoms with E-state index < -0.39 is 0 Å². The van der Waals surface area contributed by atoms with Crippen LogP contribution in [0.4, 0.5) is 0 Å². The number of para-hydroxylation sites is 1. The molecule has 0 fully saturated rings. The Morgan fingerprint density at radius 2 is 2.05 bits per heavy atom. The number of aromatic nitrogens is 1. The van der Waals surface area contributed by atoms with Crippen LogP contribution >= 0.6 is 11.3 Å². The van der Waals surface area contributed by atoms with Crippen LogP contribution in [0.25, 0.3) is 31.8 Å². The molecule has 0 saturated heterocycles. The second-order valence-corrected chi connectivity index (χ2v) is 5.65. The van der Waals surface area contributed by atoms with Gasteiger partial charge in [-0.3, -0.25) is 0 Å². The van der Waals surface area contributed by atoms with E-state index in [0.717, 1.165) is 31.8 Å². The highest BCUT2D eigenvalue weighted by atomic mass is 32.1.